The SMILES string of the molecule is CN(C)c1ccc(-n2cccc2C=Nc2cccc([N+](=O)[O-])c2)cc1. The molecule has 0 N–H and O–H groups in total. The van der Waals surface area contributed by atoms with Gasteiger partial charge in [0, 0.05) is 43.8 Å². The van der Waals surface area contributed by atoms with Crippen molar-refractivity contribution in [3.63, 3.8) is 0 Å². The minimum atomic E-state index is -0.423. The lowest BCUT2D eigenvalue weighted by Gasteiger charge is -2.13. The molecule has 126 valence electrons. The fourth-order valence-corrected chi connectivity index (χ4v) is 2.47. The Morgan fingerprint density at radius 1 is 1.08 bits per heavy atom. The molecule has 6 nitrogen and oxygen atoms in total. The monoisotopic (exact) mass is 334 g/mol. The second-order valence-electron chi connectivity index (χ2n) is 5.75. The third-order valence-electron chi connectivity index (χ3n) is 3.81. The third-order valence-corrected chi connectivity index (χ3v) is 3.81. The van der Waals surface area contributed by atoms with Crippen LogP contribution >= 0.6 is 0 Å². The number of benzene rings is 2. The van der Waals surface area contributed by atoms with E-state index in [1.165, 1.54) is 12.1 Å². The number of hydrogen-bond acceptors (Lipinski definition) is 4. The van der Waals surface area contributed by atoms with Crippen LogP contribution in [0.2, 0.25) is 0 Å². The highest BCUT2D eigenvalue weighted by molar-refractivity contribution is 5.81. The maximum Gasteiger partial charge on any atom is 0.271 e. The van der Waals surface area contributed by atoms with Gasteiger partial charge >= 0.3 is 0 Å². The van der Waals surface area contributed by atoms with Crippen molar-refractivity contribution in [3.8, 4) is 5.69 Å². The minimum absolute atomic E-state index is 0.0318. The largest absolute Gasteiger partial charge is 0.378 e. The molecule has 0 atom stereocenters. The van der Waals surface area contributed by atoms with Crippen LogP contribution in [0, 0.1) is 10.1 Å². The first-order valence-electron chi connectivity index (χ1n) is 7.78. The topological polar surface area (TPSA) is 63.7 Å². The molecule has 0 spiro atoms. The summed E-state index contributed by atoms with van der Waals surface area (Å²) in [6.45, 7) is 0. The van der Waals surface area contributed by atoms with E-state index in [-0.39, 0.29) is 5.69 Å². The van der Waals surface area contributed by atoms with Gasteiger partial charge < -0.3 is 9.47 Å². The summed E-state index contributed by atoms with van der Waals surface area (Å²) in [5.74, 6) is 0. The smallest absolute Gasteiger partial charge is 0.271 e. The molecule has 0 saturated carbocycles. The number of hydrogen-bond donors (Lipinski definition) is 0. The van der Waals surface area contributed by atoms with E-state index < -0.39 is 4.92 Å². The van der Waals surface area contributed by atoms with E-state index in [2.05, 4.69) is 17.1 Å². The first kappa shape index (κ1) is 16.4. The maximum absolute atomic E-state index is 10.8. The van der Waals surface area contributed by atoms with Gasteiger partial charge in [-0.15, -0.1) is 0 Å². The van der Waals surface area contributed by atoms with E-state index in [1.54, 1.807) is 18.3 Å². The number of nitro benzene ring substituents is 1. The lowest BCUT2D eigenvalue weighted by Crippen LogP contribution is -2.08. The number of anilines is 1. The van der Waals surface area contributed by atoms with E-state index in [1.807, 2.05) is 54.0 Å². The van der Waals surface area contributed by atoms with Gasteiger partial charge in [-0.3, -0.25) is 15.1 Å². The van der Waals surface area contributed by atoms with E-state index in [9.17, 15) is 10.1 Å². The highest BCUT2D eigenvalue weighted by Gasteiger charge is 2.05. The maximum atomic E-state index is 10.8. The van der Waals surface area contributed by atoms with Gasteiger partial charge in [-0.05, 0) is 42.5 Å². The summed E-state index contributed by atoms with van der Waals surface area (Å²) in [5, 5.41) is 10.8. The molecule has 0 amide bonds. The van der Waals surface area contributed by atoms with Crippen molar-refractivity contribution >= 4 is 23.3 Å². The Morgan fingerprint density at radius 3 is 2.52 bits per heavy atom. The molecule has 1 aromatic heterocycles. The molecule has 3 aromatic rings. The fourth-order valence-electron chi connectivity index (χ4n) is 2.47. The average Bonchev–Trinajstić information content (AvgIpc) is 3.09. The van der Waals surface area contributed by atoms with Gasteiger partial charge in [-0.25, -0.2) is 0 Å². The minimum Gasteiger partial charge on any atom is -0.378 e. The van der Waals surface area contributed by atoms with Crippen molar-refractivity contribution < 1.29 is 4.92 Å². The molecule has 25 heavy (non-hydrogen) atoms. The van der Waals surface area contributed by atoms with E-state index in [0.29, 0.717) is 5.69 Å². The van der Waals surface area contributed by atoms with Crippen LogP contribution < -0.4 is 4.90 Å². The molecule has 0 fully saturated rings. The van der Waals surface area contributed by atoms with Crippen LogP contribution in [0.4, 0.5) is 17.1 Å². The average molecular weight is 334 g/mol. The Balaban J connectivity index is 1.87. The summed E-state index contributed by atoms with van der Waals surface area (Å²) in [7, 11) is 4.00. The Kier molecular flexibility index (Phi) is 4.61. The normalized spacial score (nSPS) is 11.0. The van der Waals surface area contributed by atoms with Crippen molar-refractivity contribution in [2.24, 2.45) is 4.99 Å². The Morgan fingerprint density at radius 2 is 1.84 bits per heavy atom. The zero-order valence-electron chi connectivity index (χ0n) is 14.0. The van der Waals surface area contributed by atoms with Crippen LogP contribution in [0.1, 0.15) is 5.69 Å². The molecule has 3 rings (SSSR count). The second-order valence-corrected chi connectivity index (χ2v) is 5.75. The summed E-state index contributed by atoms with van der Waals surface area (Å²) in [6, 6.07) is 18.3. The molecular formula is C19H18N4O2. The summed E-state index contributed by atoms with van der Waals surface area (Å²) in [5.41, 5.74) is 3.62. The first-order valence-corrected chi connectivity index (χ1v) is 7.78. The number of non-ortho nitro benzene ring substituents is 1. The van der Waals surface area contributed by atoms with Gasteiger partial charge in [0.05, 0.1) is 22.5 Å². The number of aliphatic imine (C=N–C) groups is 1. The standard InChI is InChI=1S/C19H18N4O2/c1-21(2)16-8-10-17(11-9-16)22-12-4-7-19(22)14-20-15-5-3-6-18(13-15)23(24)25/h3-14H,1-2H3. The molecule has 0 saturated heterocycles. The van der Waals surface area contributed by atoms with Gasteiger partial charge in [0.2, 0.25) is 0 Å². The van der Waals surface area contributed by atoms with Gasteiger partial charge in [0.15, 0.2) is 0 Å². The van der Waals surface area contributed by atoms with Crippen molar-refractivity contribution in [2.45, 2.75) is 0 Å². The lowest BCUT2D eigenvalue weighted by atomic mass is 10.2. The number of aromatic nitrogens is 1. The zero-order valence-corrected chi connectivity index (χ0v) is 14.0. The first-order chi connectivity index (χ1) is 12.0. The molecule has 0 bridgehead atoms. The van der Waals surface area contributed by atoms with Crippen molar-refractivity contribution in [1.82, 2.24) is 4.57 Å². The molecule has 6 heteroatoms. The molecule has 0 aliphatic carbocycles. The number of nitro groups is 1. The Labute approximate surface area is 145 Å². The molecule has 0 aliphatic heterocycles. The van der Waals surface area contributed by atoms with Gasteiger partial charge in [-0.2, -0.15) is 0 Å². The predicted molar refractivity (Wildman–Crippen MR) is 100 cm³/mol. The molecule has 0 radical (unpaired) electrons. The van der Waals surface area contributed by atoms with Crippen LogP contribution in [-0.2, 0) is 0 Å². The molecule has 2 aromatic carbocycles. The van der Waals surface area contributed by atoms with Crippen LogP contribution in [0.3, 0.4) is 0 Å². The van der Waals surface area contributed by atoms with Gasteiger partial charge in [0.1, 0.15) is 0 Å². The lowest BCUT2D eigenvalue weighted by molar-refractivity contribution is -0.384. The van der Waals surface area contributed by atoms with Gasteiger partial charge in [-0.1, -0.05) is 6.07 Å². The van der Waals surface area contributed by atoms with Crippen LogP contribution in [-0.4, -0.2) is 29.8 Å². The predicted octanol–water partition coefficient (Wildman–Crippen LogP) is 4.20. The summed E-state index contributed by atoms with van der Waals surface area (Å²) in [6.07, 6.45) is 3.67. The molecule has 1 heterocycles. The third kappa shape index (κ3) is 3.74. The Bertz CT molecular complexity index is 911. The Hall–Kier alpha value is -3.41. The van der Waals surface area contributed by atoms with Crippen molar-refractivity contribution in [1.29, 1.82) is 0 Å². The number of nitrogens with zero attached hydrogens (tertiary/aromatic N) is 4. The summed E-state index contributed by atoms with van der Waals surface area (Å²) >= 11 is 0. The second kappa shape index (κ2) is 7.00. The van der Waals surface area contributed by atoms with E-state index in [4.69, 9.17) is 0 Å². The summed E-state index contributed by atoms with van der Waals surface area (Å²) < 4.78 is 2.01. The quantitative estimate of drug-likeness (QED) is 0.399. The summed E-state index contributed by atoms with van der Waals surface area (Å²) in [4.78, 5) is 16.8. The van der Waals surface area contributed by atoms with Crippen molar-refractivity contribution in [2.75, 3.05) is 19.0 Å². The molecule has 0 unspecified atom stereocenters. The number of rotatable bonds is 5. The van der Waals surface area contributed by atoms with Gasteiger partial charge in [0.25, 0.3) is 5.69 Å². The van der Waals surface area contributed by atoms with E-state index >= 15 is 0 Å². The van der Waals surface area contributed by atoms with Crippen LogP contribution in [0.25, 0.3) is 5.69 Å². The van der Waals surface area contributed by atoms with E-state index in [0.717, 1.165) is 17.1 Å². The highest BCUT2D eigenvalue weighted by atomic mass is 16.6. The molecular weight excluding hydrogens is 316 g/mol. The zero-order chi connectivity index (χ0) is 17.8. The van der Waals surface area contributed by atoms with Crippen LogP contribution in [0.5, 0.6) is 0 Å². The molecule has 0 aliphatic rings. The van der Waals surface area contributed by atoms with Crippen molar-refractivity contribution in [3.05, 3.63) is 82.7 Å². The highest BCUT2D eigenvalue weighted by Crippen LogP contribution is 2.21. The fraction of sp³-hybridized carbons (Fsp3) is 0.105. The van der Waals surface area contributed by atoms with Crippen LogP contribution in [0.15, 0.2) is 71.9 Å².